The Hall–Kier alpha value is -3.00. The summed E-state index contributed by atoms with van der Waals surface area (Å²) in [5.74, 6) is 1.37. The maximum Gasteiger partial charge on any atom is 0.293 e. The normalized spacial score (nSPS) is 14.4. The van der Waals surface area contributed by atoms with Gasteiger partial charge < -0.3 is 9.80 Å². The number of hydrogen-bond acceptors (Lipinski definition) is 6. The lowest BCUT2D eigenvalue weighted by molar-refractivity contribution is 0.0734. The number of hydrogen-bond donors (Lipinski definition) is 0. The second-order valence-electron chi connectivity index (χ2n) is 6.20. The van der Waals surface area contributed by atoms with Crippen molar-refractivity contribution in [1.29, 1.82) is 0 Å². The van der Waals surface area contributed by atoms with E-state index in [4.69, 9.17) is 11.6 Å². The van der Waals surface area contributed by atoms with Crippen molar-refractivity contribution in [2.24, 2.45) is 0 Å². The van der Waals surface area contributed by atoms with Gasteiger partial charge in [-0.25, -0.2) is 19.6 Å². The predicted molar refractivity (Wildman–Crippen MR) is 101 cm³/mol. The lowest BCUT2D eigenvalue weighted by Crippen LogP contribution is -2.49. The average molecular weight is 384 g/mol. The van der Waals surface area contributed by atoms with E-state index >= 15 is 0 Å². The summed E-state index contributed by atoms with van der Waals surface area (Å²) in [4.78, 5) is 29.5. The zero-order chi connectivity index (χ0) is 18.8. The van der Waals surface area contributed by atoms with Crippen LogP contribution in [0, 0.1) is 6.92 Å². The molecule has 8 nitrogen and oxygen atoms in total. The van der Waals surface area contributed by atoms with Gasteiger partial charge in [0, 0.05) is 43.6 Å². The van der Waals surface area contributed by atoms with Crippen molar-refractivity contribution in [3.8, 4) is 5.69 Å². The van der Waals surface area contributed by atoms with Crippen molar-refractivity contribution in [1.82, 2.24) is 29.6 Å². The number of amides is 1. The molecule has 0 radical (unpaired) electrons. The van der Waals surface area contributed by atoms with Gasteiger partial charge in [-0.1, -0.05) is 11.6 Å². The Morgan fingerprint density at radius 2 is 1.70 bits per heavy atom. The molecule has 4 rings (SSSR count). The number of piperazine rings is 1. The van der Waals surface area contributed by atoms with E-state index < -0.39 is 0 Å². The third kappa shape index (κ3) is 3.61. The van der Waals surface area contributed by atoms with E-state index in [-0.39, 0.29) is 11.7 Å². The molecule has 3 aromatic rings. The summed E-state index contributed by atoms with van der Waals surface area (Å²) in [5.41, 5.74) is 0.814. The van der Waals surface area contributed by atoms with E-state index in [1.54, 1.807) is 40.2 Å². The maximum absolute atomic E-state index is 12.8. The molecule has 138 valence electrons. The lowest BCUT2D eigenvalue weighted by Gasteiger charge is -2.34. The van der Waals surface area contributed by atoms with Crippen LogP contribution in [-0.2, 0) is 0 Å². The quantitative estimate of drug-likeness (QED) is 0.688. The van der Waals surface area contributed by atoms with Gasteiger partial charge in [0.25, 0.3) is 5.91 Å². The molecule has 0 bridgehead atoms. The zero-order valence-electron chi connectivity index (χ0n) is 14.8. The van der Waals surface area contributed by atoms with Gasteiger partial charge in [0.2, 0.25) is 11.8 Å². The topological polar surface area (TPSA) is 80.0 Å². The third-order valence-electron chi connectivity index (χ3n) is 4.43. The van der Waals surface area contributed by atoms with Gasteiger partial charge in [0.1, 0.15) is 5.82 Å². The second-order valence-corrected chi connectivity index (χ2v) is 6.64. The van der Waals surface area contributed by atoms with Gasteiger partial charge >= 0.3 is 0 Å². The Balaban J connectivity index is 1.46. The number of carbonyl (C=O) groups excluding carboxylic acids is 1. The number of halogens is 1. The van der Waals surface area contributed by atoms with Gasteiger partial charge in [0.15, 0.2) is 0 Å². The van der Waals surface area contributed by atoms with Crippen LogP contribution in [0.4, 0.5) is 5.95 Å². The Morgan fingerprint density at radius 3 is 2.37 bits per heavy atom. The number of aryl methyl sites for hydroxylation is 1. The van der Waals surface area contributed by atoms with Crippen LogP contribution in [0.15, 0.2) is 42.7 Å². The molecule has 27 heavy (non-hydrogen) atoms. The Kier molecular flexibility index (Phi) is 4.72. The number of benzene rings is 1. The smallest absolute Gasteiger partial charge is 0.293 e. The molecule has 0 spiro atoms. The summed E-state index contributed by atoms with van der Waals surface area (Å²) in [5, 5.41) is 5.04. The molecule has 0 saturated carbocycles. The molecular formula is C18H18ClN7O. The van der Waals surface area contributed by atoms with Crippen molar-refractivity contribution in [3.63, 3.8) is 0 Å². The first-order valence-electron chi connectivity index (χ1n) is 8.62. The molecule has 9 heteroatoms. The van der Waals surface area contributed by atoms with Crippen LogP contribution in [0.5, 0.6) is 0 Å². The van der Waals surface area contributed by atoms with Gasteiger partial charge in [-0.05, 0) is 37.3 Å². The van der Waals surface area contributed by atoms with Crippen molar-refractivity contribution >= 4 is 23.5 Å². The summed E-state index contributed by atoms with van der Waals surface area (Å²) in [6.07, 6.45) is 3.44. The van der Waals surface area contributed by atoms with Crippen molar-refractivity contribution in [3.05, 3.63) is 59.4 Å². The average Bonchev–Trinajstić information content (AvgIpc) is 3.10. The minimum absolute atomic E-state index is 0.167. The highest BCUT2D eigenvalue weighted by atomic mass is 35.5. The number of nitrogens with zero attached hydrogens (tertiary/aromatic N) is 7. The molecule has 0 atom stereocenters. The van der Waals surface area contributed by atoms with Crippen molar-refractivity contribution in [2.75, 3.05) is 31.1 Å². The van der Waals surface area contributed by atoms with Crippen LogP contribution in [0.3, 0.4) is 0 Å². The van der Waals surface area contributed by atoms with Crippen LogP contribution >= 0.6 is 11.6 Å². The first kappa shape index (κ1) is 17.4. The lowest BCUT2D eigenvalue weighted by atomic mass is 10.3. The van der Waals surface area contributed by atoms with Crippen molar-refractivity contribution in [2.45, 2.75) is 6.92 Å². The van der Waals surface area contributed by atoms with Crippen LogP contribution in [0.25, 0.3) is 5.69 Å². The fourth-order valence-corrected chi connectivity index (χ4v) is 3.14. The van der Waals surface area contributed by atoms with Crippen LogP contribution in [0.1, 0.15) is 16.4 Å². The largest absolute Gasteiger partial charge is 0.337 e. The Bertz CT molecular complexity index is 934. The van der Waals surface area contributed by atoms with E-state index in [9.17, 15) is 4.79 Å². The molecule has 1 aliphatic rings. The molecule has 2 aromatic heterocycles. The SMILES string of the molecule is Cc1nc(C(=O)N2CCN(c3ncccn3)CC2)nn1-c1ccc(Cl)cc1. The molecule has 1 aliphatic heterocycles. The molecule has 0 aliphatic carbocycles. The van der Waals surface area contributed by atoms with Gasteiger partial charge in [-0.2, -0.15) is 0 Å². The molecule has 1 aromatic carbocycles. The minimum Gasteiger partial charge on any atom is -0.337 e. The summed E-state index contributed by atoms with van der Waals surface area (Å²) in [7, 11) is 0. The first-order valence-corrected chi connectivity index (χ1v) is 9.00. The van der Waals surface area contributed by atoms with E-state index in [0.29, 0.717) is 43.0 Å². The van der Waals surface area contributed by atoms with E-state index in [1.165, 1.54) is 0 Å². The van der Waals surface area contributed by atoms with E-state index in [1.807, 2.05) is 19.1 Å². The minimum atomic E-state index is -0.167. The molecular weight excluding hydrogens is 366 g/mol. The highest BCUT2D eigenvalue weighted by Crippen LogP contribution is 2.16. The second kappa shape index (κ2) is 7.32. The van der Waals surface area contributed by atoms with Crippen LogP contribution in [0.2, 0.25) is 5.02 Å². The molecule has 3 heterocycles. The standard InChI is InChI=1S/C18H18ClN7O/c1-13-22-16(23-26(13)15-5-3-14(19)4-6-15)17(27)24-9-11-25(12-10-24)18-20-7-2-8-21-18/h2-8H,9-12H2,1H3. The Labute approximate surface area is 161 Å². The van der Waals surface area contributed by atoms with E-state index in [2.05, 4.69) is 25.0 Å². The number of carbonyl (C=O) groups is 1. The Morgan fingerprint density at radius 1 is 1.04 bits per heavy atom. The zero-order valence-corrected chi connectivity index (χ0v) is 15.5. The van der Waals surface area contributed by atoms with Gasteiger partial charge in [-0.15, -0.1) is 5.10 Å². The van der Waals surface area contributed by atoms with Gasteiger partial charge in [0.05, 0.1) is 5.69 Å². The highest BCUT2D eigenvalue weighted by molar-refractivity contribution is 6.30. The molecule has 0 unspecified atom stereocenters. The van der Waals surface area contributed by atoms with E-state index in [0.717, 1.165) is 5.69 Å². The van der Waals surface area contributed by atoms with Crippen molar-refractivity contribution < 1.29 is 4.79 Å². The van der Waals surface area contributed by atoms with Crippen LogP contribution < -0.4 is 4.90 Å². The number of aromatic nitrogens is 5. The summed E-state index contributed by atoms with van der Waals surface area (Å²) in [6, 6.07) is 9.04. The van der Waals surface area contributed by atoms with Gasteiger partial charge in [-0.3, -0.25) is 4.79 Å². The highest BCUT2D eigenvalue weighted by Gasteiger charge is 2.26. The maximum atomic E-state index is 12.8. The monoisotopic (exact) mass is 383 g/mol. The fourth-order valence-electron chi connectivity index (χ4n) is 3.01. The molecule has 1 saturated heterocycles. The van der Waals surface area contributed by atoms with Crippen LogP contribution in [-0.4, -0.2) is 61.7 Å². The summed E-state index contributed by atoms with van der Waals surface area (Å²) >= 11 is 5.93. The summed E-state index contributed by atoms with van der Waals surface area (Å²) < 4.78 is 1.65. The number of anilines is 1. The summed E-state index contributed by atoms with van der Waals surface area (Å²) in [6.45, 7) is 4.32. The third-order valence-corrected chi connectivity index (χ3v) is 4.69. The first-order chi connectivity index (χ1) is 13.1. The molecule has 1 amide bonds. The molecule has 0 N–H and O–H groups in total. The fraction of sp³-hybridized carbons (Fsp3) is 0.278. The predicted octanol–water partition coefficient (Wildman–Crippen LogP) is 1.98. The molecule has 1 fully saturated rings. The number of rotatable bonds is 3.